The van der Waals surface area contributed by atoms with Gasteiger partial charge in [0, 0.05) is 24.0 Å². The molecule has 0 unspecified atom stereocenters. The predicted octanol–water partition coefficient (Wildman–Crippen LogP) is 3.96. The molecule has 0 amide bonds. The lowest BCUT2D eigenvalue weighted by Gasteiger charge is -2.08. The maximum Gasteiger partial charge on any atom is 0.269 e. The van der Waals surface area contributed by atoms with Crippen LogP contribution in [0.4, 0.5) is 17.1 Å². The van der Waals surface area contributed by atoms with E-state index in [2.05, 4.69) is 46.9 Å². The normalized spacial score (nSPS) is 10.3. The molecule has 0 saturated carbocycles. The summed E-state index contributed by atoms with van der Waals surface area (Å²) >= 11 is 5.26. The fourth-order valence-electron chi connectivity index (χ4n) is 2.36. The molecule has 7 nitrogen and oxygen atoms in total. The Kier molecular flexibility index (Phi) is 5.23. The summed E-state index contributed by atoms with van der Waals surface area (Å²) in [5.74, 6) is 0. The SMILES string of the molecule is Cc1ccc(Cn2cc(NC(=S)Nc3ccc([N+](=O)[O-])cc3)cn2)cc1. The van der Waals surface area contributed by atoms with Crippen LogP contribution in [-0.2, 0) is 6.54 Å². The van der Waals surface area contributed by atoms with Crippen molar-refractivity contribution in [2.75, 3.05) is 10.6 Å². The van der Waals surface area contributed by atoms with E-state index in [-0.39, 0.29) is 5.69 Å². The molecule has 0 atom stereocenters. The van der Waals surface area contributed by atoms with Gasteiger partial charge in [-0.05, 0) is 36.8 Å². The van der Waals surface area contributed by atoms with Crippen molar-refractivity contribution in [3.8, 4) is 0 Å². The van der Waals surface area contributed by atoms with Crippen LogP contribution in [0.3, 0.4) is 0 Å². The first-order valence-corrected chi connectivity index (χ1v) is 8.31. The van der Waals surface area contributed by atoms with Gasteiger partial charge in [0.2, 0.25) is 0 Å². The second-order valence-corrected chi connectivity index (χ2v) is 6.20. The van der Waals surface area contributed by atoms with Gasteiger partial charge in [-0.25, -0.2) is 0 Å². The number of benzene rings is 2. The van der Waals surface area contributed by atoms with Crippen LogP contribution in [-0.4, -0.2) is 19.8 Å². The van der Waals surface area contributed by atoms with Gasteiger partial charge in [0.15, 0.2) is 5.11 Å². The van der Waals surface area contributed by atoms with Crippen molar-refractivity contribution < 1.29 is 4.92 Å². The molecule has 2 N–H and O–H groups in total. The van der Waals surface area contributed by atoms with Crippen molar-refractivity contribution >= 4 is 34.4 Å². The van der Waals surface area contributed by atoms with Crippen molar-refractivity contribution in [2.45, 2.75) is 13.5 Å². The Morgan fingerprint density at radius 2 is 1.77 bits per heavy atom. The summed E-state index contributed by atoms with van der Waals surface area (Å²) in [6, 6.07) is 14.3. The van der Waals surface area contributed by atoms with Gasteiger partial charge in [0.1, 0.15) is 0 Å². The molecular formula is C18H17N5O2S. The van der Waals surface area contributed by atoms with Gasteiger partial charge in [0.25, 0.3) is 5.69 Å². The smallest absolute Gasteiger partial charge is 0.269 e. The van der Waals surface area contributed by atoms with Crippen LogP contribution in [0.25, 0.3) is 0 Å². The van der Waals surface area contributed by atoms with Gasteiger partial charge in [-0.15, -0.1) is 0 Å². The first kappa shape index (κ1) is 17.6. The van der Waals surface area contributed by atoms with Crippen molar-refractivity contribution in [3.63, 3.8) is 0 Å². The van der Waals surface area contributed by atoms with Crippen LogP contribution < -0.4 is 10.6 Å². The minimum absolute atomic E-state index is 0.0341. The van der Waals surface area contributed by atoms with Crippen LogP contribution in [0.2, 0.25) is 0 Å². The summed E-state index contributed by atoms with van der Waals surface area (Å²) < 4.78 is 1.82. The van der Waals surface area contributed by atoms with E-state index in [4.69, 9.17) is 12.2 Å². The highest BCUT2D eigenvalue weighted by Gasteiger charge is 2.06. The zero-order valence-corrected chi connectivity index (χ0v) is 14.9. The van der Waals surface area contributed by atoms with E-state index in [1.165, 1.54) is 17.7 Å². The summed E-state index contributed by atoms with van der Waals surface area (Å²) in [6.45, 7) is 2.73. The number of non-ortho nitro benzene ring substituents is 1. The number of nitrogens with zero attached hydrogens (tertiary/aromatic N) is 3. The van der Waals surface area contributed by atoms with Crippen molar-refractivity contribution in [3.05, 3.63) is 82.2 Å². The van der Waals surface area contributed by atoms with Gasteiger partial charge in [-0.1, -0.05) is 29.8 Å². The van der Waals surface area contributed by atoms with Crippen LogP contribution in [0, 0.1) is 17.0 Å². The standard InChI is InChI=1S/C18H17N5O2S/c1-13-2-4-14(5-3-13)11-22-12-16(10-19-22)21-18(26)20-15-6-8-17(9-7-15)23(24)25/h2-10,12H,11H2,1H3,(H2,20,21,26). The Bertz CT molecular complexity index is 920. The third-order valence-electron chi connectivity index (χ3n) is 3.69. The number of nitro groups is 1. The molecule has 132 valence electrons. The number of nitro benzene ring substituents is 1. The molecule has 0 radical (unpaired) electrons. The summed E-state index contributed by atoms with van der Waals surface area (Å²) in [5.41, 5.74) is 3.85. The number of aromatic nitrogens is 2. The molecular weight excluding hydrogens is 350 g/mol. The largest absolute Gasteiger partial charge is 0.332 e. The lowest BCUT2D eigenvalue weighted by molar-refractivity contribution is -0.384. The van der Waals surface area contributed by atoms with Gasteiger partial charge in [-0.2, -0.15) is 5.10 Å². The zero-order chi connectivity index (χ0) is 18.5. The first-order valence-electron chi connectivity index (χ1n) is 7.90. The number of rotatable bonds is 5. The third-order valence-corrected chi connectivity index (χ3v) is 3.90. The van der Waals surface area contributed by atoms with E-state index in [0.717, 1.165) is 11.3 Å². The molecule has 1 heterocycles. The number of nitrogens with one attached hydrogen (secondary N) is 2. The van der Waals surface area contributed by atoms with Crippen LogP contribution in [0.15, 0.2) is 60.9 Å². The van der Waals surface area contributed by atoms with Crippen LogP contribution in [0.5, 0.6) is 0 Å². The van der Waals surface area contributed by atoms with Gasteiger partial charge in [-0.3, -0.25) is 14.8 Å². The molecule has 26 heavy (non-hydrogen) atoms. The summed E-state index contributed by atoms with van der Waals surface area (Å²) in [4.78, 5) is 10.2. The Hall–Kier alpha value is -3.26. The number of hydrogen-bond donors (Lipinski definition) is 2. The molecule has 8 heteroatoms. The third kappa shape index (κ3) is 4.64. The second kappa shape index (κ2) is 7.75. The van der Waals surface area contributed by atoms with E-state index < -0.39 is 4.92 Å². The Morgan fingerprint density at radius 1 is 1.12 bits per heavy atom. The monoisotopic (exact) mass is 367 g/mol. The number of aryl methyl sites for hydroxylation is 1. The van der Waals surface area contributed by atoms with E-state index >= 15 is 0 Å². The van der Waals surface area contributed by atoms with Gasteiger partial charge < -0.3 is 10.6 Å². The van der Waals surface area contributed by atoms with E-state index in [9.17, 15) is 10.1 Å². The molecule has 0 saturated heterocycles. The fraction of sp³-hybridized carbons (Fsp3) is 0.111. The van der Waals surface area contributed by atoms with Crippen molar-refractivity contribution in [1.82, 2.24) is 9.78 Å². The highest BCUT2D eigenvalue weighted by atomic mass is 32.1. The highest BCUT2D eigenvalue weighted by molar-refractivity contribution is 7.80. The molecule has 0 aliphatic carbocycles. The minimum atomic E-state index is -0.442. The average molecular weight is 367 g/mol. The van der Waals surface area contributed by atoms with Gasteiger partial charge in [0.05, 0.1) is 23.4 Å². The van der Waals surface area contributed by atoms with E-state index in [1.54, 1.807) is 18.3 Å². The van der Waals surface area contributed by atoms with E-state index in [0.29, 0.717) is 17.3 Å². The molecule has 3 rings (SSSR count). The molecule has 0 spiro atoms. The summed E-state index contributed by atoms with van der Waals surface area (Å²) in [7, 11) is 0. The zero-order valence-electron chi connectivity index (χ0n) is 14.0. The van der Waals surface area contributed by atoms with E-state index in [1.807, 2.05) is 10.9 Å². The topological polar surface area (TPSA) is 85.0 Å². The number of thiocarbonyl (C=S) groups is 1. The van der Waals surface area contributed by atoms with Gasteiger partial charge >= 0.3 is 0 Å². The Morgan fingerprint density at radius 3 is 2.42 bits per heavy atom. The molecule has 0 aliphatic rings. The minimum Gasteiger partial charge on any atom is -0.332 e. The van der Waals surface area contributed by atoms with Crippen molar-refractivity contribution in [2.24, 2.45) is 0 Å². The van der Waals surface area contributed by atoms with Crippen LogP contribution >= 0.6 is 12.2 Å². The first-order chi connectivity index (χ1) is 12.5. The Balaban J connectivity index is 1.57. The maximum absolute atomic E-state index is 10.7. The molecule has 2 aromatic carbocycles. The molecule has 0 bridgehead atoms. The lowest BCUT2D eigenvalue weighted by Crippen LogP contribution is -2.18. The lowest BCUT2D eigenvalue weighted by atomic mass is 10.1. The predicted molar refractivity (Wildman–Crippen MR) is 105 cm³/mol. The van der Waals surface area contributed by atoms with Crippen LogP contribution in [0.1, 0.15) is 11.1 Å². The maximum atomic E-state index is 10.7. The fourth-order valence-corrected chi connectivity index (χ4v) is 2.59. The molecule has 0 aliphatic heterocycles. The second-order valence-electron chi connectivity index (χ2n) is 5.80. The Labute approximate surface area is 155 Å². The molecule has 0 fully saturated rings. The molecule has 1 aromatic heterocycles. The van der Waals surface area contributed by atoms with Crippen molar-refractivity contribution in [1.29, 1.82) is 0 Å². The average Bonchev–Trinajstić information content (AvgIpc) is 3.04. The number of hydrogen-bond acceptors (Lipinski definition) is 4. The number of anilines is 2. The quantitative estimate of drug-likeness (QED) is 0.403. The molecule has 3 aromatic rings. The summed E-state index contributed by atoms with van der Waals surface area (Å²) in [5, 5.41) is 21.4. The highest BCUT2D eigenvalue weighted by Crippen LogP contribution is 2.16. The summed E-state index contributed by atoms with van der Waals surface area (Å²) in [6.07, 6.45) is 3.56.